The van der Waals surface area contributed by atoms with Crippen LogP contribution in [0.25, 0.3) is 0 Å². The van der Waals surface area contributed by atoms with Crippen LogP contribution in [0.2, 0.25) is 0 Å². The Hall–Kier alpha value is -0.650. The number of methoxy groups -OCH3 is 1. The van der Waals surface area contributed by atoms with E-state index in [-0.39, 0.29) is 5.91 Å². The van der Waals surface area contributed by atoms with Crippen LogP contribution < -0.4 is 11.1 Å². The van der Waals surface area contributed by atoms with Crippen molar-refractivity contribution >= 4 is 5.91 Å². The number of carbonyl (C=O) groups is 1. The quantitative estimate of drug-likeness (QED) is 0.530. The van der Waals surface area contributed by atoms with Gasteiger partial charge in [0.25, 0.3) is 0 Å². The number of carbonyl (C=O) groups excluding carboxylic acids is 1. The molecule has 0 aliphatic heterocycles. The third-order valence-corrected chi connectivity index (χ3v) is 1.95. The third-order valence-electron chi connectivity index (χ3n) is 1.95. The summed E-state index contributed by atoms with van der Waals surface area (Å²) in [6.45, 7) is 4.27. The second kappa shape index (κ2) is 9.89. The van der Waals surface area contributed by atoms with E-state index < -0.39 is 6.04 Å². The van der Waals surface area contributed by atoms with Gasteiger partial charge in [0.15, 0.2) is 0 Å². The molecule has 0 fully saturated rings. The molecule has 1 unspecified atom stereocenters. The maximum atomic E-state index is 11.4. The van der Waals surface area contributed by atoms with Gasteiger partial charge in [0.2, 0.25) is 5.91 Å². The van der Waals surface area contributed by atoms with Gasteiger partial charge in [-0.15, -0.1) is 0 Å². The molecule has 5 nitrogen and oxygen atoms in total. The molecule has 0 aliphatic rings. The molecule has 1 atom stereocenters. The summed E-state index contributed by atoms with van der Waals surface area (Å²) in [4.78, 5) is 11.4. The summed E-state index contributed by atoms with van der Waals surface area (Å²) in [5, 5.41) is 2.71. The van der Waals surface area contributed by atoms with Gasteiger partial charge in [0.05, 0.1) is 12.6 Å². The van der Waals surface area contributed by atoms with Crippen LogP contribution in [0, 0.1) is 0 Å². The van der Waals surface area contributed by atoms with Crippen LogP contribution in [0.1, 0.15) is 19.8 Å². The lowest BCUT2D eigenvalue weighted by Gasteiger charge is -2.11. The molecule has 0 aromatic heterocycles. The zero-order valence-electron chi connectivity index (χ0n) is 9.62. The molecule has 1 amide bonds. The van der Waals surface area contributed by atoms with E-state index in [1.54, 1.807) is 7.11 Å². The second-order valence-corrected chi connectivity index (χ2v) is 3.23. The van der Waals surface area contributed by atoms with Crippen molar-refractivity contribution in [2.24, 2.45) is 5.73 Å². The van der Waals surface area contributed by atoms with Gasteiger partial charge < -0.3 is 20.5 Å². The molecule has 90 valence electrons. The van der Waals surface area contributed by atoms with Crippen molar-refractivity contribution in [3.63, 3.8) is 0 Å². The summed E-state index contributed by atoms with van der Waals surface area (Å²) in [6.07, 6.45) is 1.45. The fourth-order valence-corrected chi connectivity index (χ4v) is 1.10. The summed E-state index contributed by atoms with van der Waals surface area (Å²) in [7, 11) is 1.63. The fourth-order valence-electron chi connectivity index (χ4n) is 1.10. The van der Waals surface area contributed by atoms with E-state index in [0.29, 0.717) is 32.8 Å². The monoisotopic (exact) mass is 218 g/mol. The topological polar surface area (TPSA) is 73.6 Å². The summed E-state index contributed by atoms with van der Waals surface area (Å²) in [5.41, 5.74) is 5.66. The van der Waals surface area contributed by atoms with Gasteiger partial charge in [0, 0.05) is 26.9 Å². The minimum Gasteiger partial charge on any atom is -0.385 e. The predicted octanol–water partition coefficient (Wildman–Crippen LogP) is -0.107. The Kier molecular flexibility index (Phi) is 9.46. The second-order valence-electron chi connectivity index (χ2n) is 3.23. The standard InChI is InChI=1S/C10H22N2O3/c1-3-15-8-6-12-10(13)9(11)5-4-7-14-2/h9H,3-8,11H2,1-2H3,(H,12,13). The number of amides is 1. The lowest BCUT2D eigenvalue weighted by Crippen LogP contribution is -2.41. The minimum absolute atomic E-state index is 0.120. The smallest absolute Gasteiger partial charge is 0.236 e. The highest BCUT2D eigenvalue weighted by Crippen LogP contribution is 1.94. The van der Waals surface area contributed by atoms with Gasteiger partial charge in [-0.1, -0.05) is 0 Å². The Labute approximate surface area is 91.3 Å². The van der Waals surface area contributed by atoms with Crippen LogP contribution in [-0.2, 0) is 14.3 Å². The summed E-state index contributed by atoms with van der Waals surface area (Å²) >= 11 is 0. The van der Waals surface area contributed by atoms with Crippen molar-refractivity contribution in [3.05, 3.63) is 0 Å². The van der Waals surface area contributed by atoms with Crippen LogP contribution in [0.3, 0.4) is 0 Å². The maximum absolute atomic E-state index is 11.4. The summed E-state index contributed by atoms with van der Waals surface area (Å²) in [5.74, 6) is -0.120. The molecule has 15 heavy (non-hydrogen) atoms. The first kappa shape index (κ1) is 14.3. The molecule has 0 radical (unpaired) electrons. The highest BCUT2D eigenvalue weighted by Gasteiger charge is 2.11. The Morgan fingerprint density at radius 3 is 2.80 bits per heavy atom. The van der Waals surface area contributed by atoms with Gasteiger partial charge >= 0.3 is 0 Å². The van der Waals surface area contributed by atoms with Gasteiger partial charge in [-0.2, -0.15) is 0 Å². The molecule has 0 saturated heterocycles. The number of ether oxygens (including phenoxy) is 2. The fraction of sp³-hybridized carbons (Fsp3) is 0.900. The lowest BCUT2D eigenvalue weighted by molar-refractivity contribution is -0.122. The SMILES string of the molecule is CCOCCNC(=O)C(N)CCCOC. The van der Waals surface area contributed by atoms with Crippen molar-refractivity contribution in [1.29, 1.82) is 0 Å². The average Bonchev–Trinajstić information content (AvgIpc) is 2.24. The summed E-state index contributed by atoms with van der Waals surface area (Å²) < 4.78 is 9.96. The first-order chi connectivity index (χ1) is 7.22. The number of nitrogens with two attached hydrogens (primary N) is 1. The van der Waals surface area contributed by atoms with Crippen molar-refractivity contribution in [1.82, 2.24) is 5.32 Å². The zero-order chi connectivity index (χ0) is 11.5. The molecular weight excluding hydrogens is 196 g/mol. The van der Waals surface area contributed by atoms with Crippen LogP contribution in [0.5, 0.6) is 0 Å². The first-order valence-corrected chi connectivity index (χ1v) is 5.32. The van der Waals surface area contributed by atoms with Gasteiger partial charge in [-0.05, 0) is 19.8 Å². The van der Waals surface area contributed by atoms with E-state index in [2.05, 4.69) is 5.32 Å². The van der Waals surface area contributed by atoms with Crippen molar-refractivity contribution < 1.29 is 14.3 Å². The Balaban J connectivity index is 3.42. The molecule has 0 aromatic carbocycles. The predicted molar refractivity (Wildman–Crippen MR) is 58.6 cm³/mol. The van der Waals surface area contributed by atoms with Gasteiger partial charge in [-0.25, -0.2) is 0 Å². The van der Waals surface area contributed by atoms with Crippen LogP contribution in [0.15, 0.2) is 0 Å². The van der Waals surface area contributed by atoms with E-state index in [4.69, 9.17) is 15.2 Å². The minimum atomic E-state index is -0.443. The van der Waals surface area contributed by atoms with Gasteiger partial charge in [0.1, 0.15) is 0 Å². The highest BCUT2D eigenvalue weighted by molar-refractivity contribution is 5.81. The van der Waals surface area contributed by atoms with Crippen LogP contribution in [-0.4, -0.2) is 45.4 Å². The Bertz CT molecular complexity index is 165. The first-order valence-electron chi connectivity index (χ1n) is 5.32. The molecule has 0 bridgehead atoms. The van der Waals surface area contributed by atoms with E-state index in [1.807, 2.05) is 6.92 Å². The van der Waals surface area contributed by atoms with E-state index >= 15 is 0 Å². The van der Waals surface area contributed by atoms with Crippen LogP contribution >= 0.6 is 0 Å². The van der Waals surface area contributed by atoms with E-state index in [0.717, 1.165) is 6.42 Å². The lowest BCUT2D eigenvalue weighted by atomic mass is 10.1. The number of hydrogen-bond acceptors (Lipinski definition) is 4. The largest absolute Gasteiger partial charge is 0.385 e. The van der Waals surface area contributed by atoms with Crippen LogP contribution in [0.4, 0.5) is 0 Å². The molecule has 0 spiro atoms. The number of nitrogens with one attached hydrogen (secondary N) is 1. The summed E-state index contributed by atoms with van der Waals surface area (Å²) in [6, 6.07) is -0.443. The van der Waals surface area contributed by atoms with Crippen molar-refractivity contribution in [2.75, 3.05) is 33.5 Å². The molecule has 0 rings (SSSR count). The number of rotatable bonds is 9. The maximum Gasteiger partial charge on any atom is 0.236 e. The van der Waals surface area contributed by atoms with Gasteiger partial charge in [-0.3, -0.25) is 4.79 Å². The highest BCUT2D eigenvalue weighted by atomic mass is 16.5. The molecule has 0 heterocycles. The molecule has 5 heteroatoms. The Morgan fingerprint density at radius 1 is 1.47 bits per heavy atom. The molecule has 0 saturated carbocycles. The zero-order valence-corrected chi connectivity index (χ0v) is 9.62. The average molecular weight is 218 g/mol. The van der Waals surface area contributed by atoms with E-state index in [9.17, 15) is 4.79 Å². The molecule has 3 N–H and O–H groups in total. The molecule has 0 aromatic rings. The van der Waals surface area contributed by atoms with E-state index in [1.165, 1.54) is 0 Å². The third kappa shape index (κ3) is 8.35. The molecule has 0 aliphatic carbocycles. The molecular formula is C10H22N2O3. The Morgan fingerprint density at radius 2 is 2.20 bits per heavy atom. The van der Waals surface area contributed by atoms with Crippen molar-refractivity contribution in [3.8, 4) is 0 Å². The number of hydrogen-bond donors (Lipinski definition) is 2. The normalized spacial score (nSPS) is 12.5. The van der Waals surface area contributed by atoms with Crippen molar-refractivity contribution in [2.45, 2.75) is 25.8 Å².